The lowest BCUT2D eigenvalue weighted by atomic mass is 9.92. The first-order valence-corrected chi connectivity index (χ1v) is 10.6. The zero-order valence-electron chi connectivity index (χ0n) is 16.2. The first-order valence-electron chi connectivity index (χ1n) is 10.6. The number of aromatic nitrogens is 2. The second-order valence-corrected chi connectivity index (χ2v) is 8.26. The van der Waals surface area contributed by atoms with E-state index in [9.17, 15) is 4.79 Å². The molecule has 1 atom stereocenters. The maximum absolute atomic E-state index is 12.6. The van der Waals surface area contributed by atoms with E-state index < -0.39 is 0 Å². The van der Waals surface area contributed by atoms with Gasteiger partial charge < -0.3 is 15.5 Å². The van der Waals surface area contributed by atoms with Crippen LogP contribution in [0.4, 0.5) is 0 Å². The van der Waals surface area contributed by atoms with Crippen molar-refractivity contribution in [2.24, 2.45) is 0 Å². The van der Waals surface area contributed by atoms with Gasteiger partial charge in [-0.2, -0.15) is 5.10 Å². The van der Waals surface area contributed by atoms with Crippen LogP contribution < -0.4 is 10.6 Å². The van der Waals surface area contributed by atoms with Gasteiger partial charge in [-0.1, -0.05) is 19.3 Å². The molecule has 4 rings (SSSR count). The Bertz CT molecular complexity index is 587. The minimum Gasteiger partial charge on any atom is -0.348 e. The Labute approximate surface area is 168 Å². The van der Waals surface area contributed by atoms with Gasteiger partial charge in [-0.05, 0) is 51.1 Å². The van der Waals surface area contributed by atoms with E-state index in [1.54, 1.807) is 0 Å². The second-order valence-electron chi connectivity index (χ2n) is 8.26. The van der Waals surface area contributed by atoms with E-state index in [1.165, 1.54) is 38.5 Å². The molecule has 1 aliphatic carbocycles. The summed E-state index contributed by atoms with van der Waals surface area (Å²) in [5.74, 6) is -0.0105. The van der Waals surface area contributed by atoms with Crippen LogP contribution in [0.1, 0.15) is 74.3 Å². The molecule has 3 aliphatic rings. The lowest BCUT2D eigenvalue weighted by Crippen LogP contribution is -2.48. The molecule has 1 aromatic heterocycles. The Morgan fingerprint density at radius 3 is 2.48 bits per heavy atom. The Morgan fingerprint density at radius 1 is 1.04 bits per heavy atom. The van der Waals surface area contributed by atoms with Gasteiger partial charge in [0, 0.05) is 37.9 Å². The van der Waals surface area contributed by atoms with Gasteiger partial charge in [0.2, 0.25) is 0 Å². The molecule has 1 saturated carbocycles. The number of likely N-dealkylation sites (tertiary alicyclic amines) is 1. The topological polar surface area (TPSA) is 62.2 Å². The van der Waals surface area contributed by atoms with Crippen LogP contribution in [-0.4, -0.2) is 58.9 Å². The van der Waals surface area contributed by atoms with Crippen molar-refractivity contribution in [1.29, 1.82) is 0 Å². The van der Waals surface area contributed by atoms with Crippen LogP contribution >= 0.6 is 12.4 Å². The molecule has 0 aromatic carbocycles. The summed E-state index contributed by atoms with van der Waals surface area (Å²) in [5, 5.41) is 11.2. The Morgan fingerprint density at radius 2 is 1.78 bits per heavy atom. The largest absolute Gasteiger partial charge is 0.348 e. The van der Waals surface area contributed by atoms with Crippen molar-refractivity contribution in [3.8, 4) is 0 Å². The Kier molecular flexibility index (Phi) is 7.56. The molecule has 27 heavy (non-hydrogen) atoms. The third-order valence-electron chi connectivity index (χ3n) is 6.44. The molecule has 3 fully saturated rings. The third kappa shape index (κ3) is 5.24. The molecule has 7 heteroatoms. The summed E-state index contributed by atoms with van der Waals surface area (Å²) in [6, 6.07) is 3.33. The van der Waals surface area contributed by atoms with E-state index in [1.807, 2.05) is 16.9 Å². The van der Waals surface area contributed by atoms with Crippen molar-refractivity contribution in [3.05, 3.63) is 18.0 Å². The average Bonchev–Trinajstić information content (AvgIpc) is 3.20. The summed E-state index contributed by atoms with van der Waals surface area (Å²) in [7, 11) is 0. The highest BCUT2D eigenvalue weighted by Crippen LogP contribution is 2.25. The predicted molar refractivity (Wildman–Crippen MR) is 110 cm³/mol. The molecule has 3 heterocycles. The molecule has 1 unspecified atom stereocenters. The van der Waals surface area contributed by atoms with Crippen LogP contribution in [0.5, 0.6) is 0 Å². The standard InChI is InChI=1S/C20H33N5O.ClH/c26-20(19-10-14-25(23-19)18-7-4-11-21-15-18)22-16-8-12-24(13-9-16)17-5-2-1-3-6-17;/h10,14,16-18,21H,1-9,11-13,15H2,(H,22,26);1H. The van der Waals surface area contributed by atoms with Gasteiger partial charge >= 0.3 is 0 Å². The molecule has 0 radical (unpaired) electrons. The molecule has 0 spiro atoms. The minimum absolute atomic E-state index is 0. The number of halogens is 1. The van der Waals surface area contributed by atoms with Crippen molar-refractivity contribution >= 4 is 18.3 Å². The summed E-state index contributed by atoms with van der Waals surface area (Å²) in [6.45, 7) is 4.28. The number of nitrogens with one attached hydrogen (secondary N) is 2. The summed E-state index contributed by atoms with van der Waals surface area (Å²) in [4.78, 5) is 15.2. The van der Waals surface area contributed by atoms with E-state index in [2.05, 4.69) is 20.6 Å². The molecule has 6 nitrogen and oxygen atoms in total. The fourth-order valence-corrected chi connectivity index (χ4v) is 4.84. The van der Waals surface area contributed by atoms with Crippen LogP contribution in [-0.2, 0) is 0 Å². The van der Waals surface area contributed by atoms with Gasteiger partial charge in [0.1, 0.15) is 5.69 Å². The number of nitrogens with zero attached hydrogens (tertiary/aromatic N) is 3. The SMILES string of the molecule is Cl.O=C(NC1CCN(C2CCCCC2)CC1)c1ccn(C2CCCNC2)n1. The van der Waals surface area contributed by atoms with Gasteiger partial charge in [-0.3, -0.25) is 9.48 Å². The number of carbonyl (C=O) groups excluding carboxylic acids is 1. The number of hydrogen-bond donors (Lipinski definition) is 2. The van der Waals surface area contributed by atoms with Gasteiger partial charge in [-0.15, -0.1) is 12.4 Å². The fourth-order valence-electron chi connectivity index (χ4n) is 4.84. The zero-order valence-corrected chi connectivity index (χ0v) is 17.1. The first kappa shape index (κ1) is 20.6. The maximum atomic E-state index is 12.6. The van der Waals surface area contributed by atoms with Crippen LogP contribution in [0.3, 0.4) is 0 Å². The second kappa shape index (κ2) is 9.89. The quantitative estimate of drug-likeness (QED) is 0.822. The number of carbonyl (C=O) groups is 1. The fraction of sp³-hybridized carbons (Fsp3) is 0.800. The highest BCUT2D eigenvalue weighted by atomic mass is 35.5. The number of amides is 1. The summed E-state index contributed by atoms with van der Waals surface area (Å²) in [6.07, 6.45) is 13.3. The molecule has 2 saturated heterocycles. The van der Waals surface area contributed by atoms with E-state index in [0.717, 1.165) is 51.5 Å². The van der Waals surface area contributed by atoms with Crippen LogP contribution in [0.15, 0.2) is 12.3 Å². The maximum Gasteiger partial charge on any atom is 0.271 e. The van der Waals surface area contributed by atoms with Gasteiger partial charge in [0.05, 0.1) is 6.04 Å². The van der Waals surface area contributed by atoms with Crippen molar-refractivity contribution in [2.75, 3.05) is 26.2 Å². The van der Waals surface area contributed by atoms with E-state index in [-0.39, 0.29) is 18.3 Å². The number of hydrogen-bond acceptors (Lipinski definition) is 4. The Hall–Kier alpha value is -1.11. The minimum atomic E-state index is -0.0105. The number of piperidine rings is 2. The molecule has 152 valence electrons. The first-order chi connectivity index (χ1) is 12.8. The predicted octanol–water partition coefficient (Wildman–Crippen LogP) is 2.76. The monoisotopic (exact) mass is 395 g/mol. The lowest BCUT2D eigenvalue weighted by Gasteiger charge is -2.39. The number of rotatable bonds is 4. The molecule has 1 amide bonds. The van der Waals surface area contributed by atoms with E-state index in [4.69, 9.17) is 0 Å². The molecular weight excluding hydrogens is 362 g/mol. The highest BCUT2D eigenvalue weighted by molar-refractivity contribution is 5.92. The molecule has 1 aromatic rings. The summed E-state index contributed by atoms with van der Waals surface area (Å²) < 4.78 is 1.97. The van der Waals surface area contributed by atoms with E-state index >= 15 is 0 Å². The summed E-state index contributed by atoms with van der Waals surface area (Å²) in [5.41, 5.74) is 0.560. The molecule has 2 aliphatic heterocycles. The third-order valence-corrected chi connectivity index (χ3v) is 6.44. The van der Waals surface area contributed by atoms with Crippen LogP contribution in [0.25, 0.3) is 0 Å². The van der Waals surface area contributed by atoms with E-state index in [0.29, 0.717) is 17.8 Å². The Balaban J connectivity index is 0.00000210. The van der Waals surface area contributed by atoms with Crippen molar-refractivity contribution in [2.45, 2.75) is 75.9 Å². The average molecular weight is 396 g/mol. The van der Waals surface area contributed by atoms with Crippen molar-refractivity contribution in [1.82, 2.24) is 25.3 Å². The van der Waals surface area contributed by atoms with Gasteiger partial charge in [-0.25, -0.2) is 0 Å². The van der Waals surface area contributed by atoms with Crippen LogP contribution in [0.2, 0.25) is 0 Å². The normalized spacial score (nSPS) is 25.7. The molecule has 2 N–H and O–H groups in total. The smallest absolute Gasteiger partial charge is 0.271 e. The zero-order chi connectivity index (χ0) is 17.8. The van der Waals surface area contributed by atoms with Gasteiger partial charge in [0.15, 0.2) is 0 Å². The van der Waals surface area contributed by atoms with Crippen molar-refractivity contribution in [3.63, 3.8) is 0 Å². The lowest BCUT2D eigenvalue weighted by molar-refractivity contribution is 0.0859. The van der Waals surface area contributed by atoms with Crippen LogP contribution in [0, 0.1) is 0 Å². The van der Waals surface area contributed by atoms with Gasteiger partial charge in [0.25, 0.3) is 5.91 Å². The summed E-state index contributed by atoms with van der Waals surface area (Å²) >= 11 is 0. The highest BCUT2D eigenvalue weighted by Gasteiger charge is 2.27. The molecular formula is C20H34ClN5O. The molecule has 0 bridgehead atoms. The van der Waals surface area contributed by atoms with Crippen molar-refractivity contribution < 1.29 is 4.79 Å².